The fraction of sp³-hybridized carbons (Fsp3) is 0.273. The minimum atomic E-state index is -3.95. The van der Waals surface area contributed by atoms with Gasteiger partial charge in [-0.25, -0.2) is 8.42 Å². The van der Waals surface area contributed by atoms with E-state index in [1.807, 2.05) is 0 Å². The number of nitrogens with two attached hydrogens (primary N) is 1. The van der Waals surface area contributed by atoms with E-state index < -0.39 is 22.5 Å². The first-order valence-electron chi connectivity index (χ1n) is 5.32. The van der Waals surface area contributed by atoms with Crippen LogP contribution in [0.25, 0.3) is 0 Å². The molecule has 110 valence electrons. The van der Waals surface area contributed by atoms with Gasteiger partial charge in [0.05, 0.1) is 12.1 Å². The molecule has 0 amide bonds. The van der Waals surface area contributed by atoms with Gasteiger partial charge in [0.2, 0.25) is 10.0 Å². The zero-order valence-corrected chi connectivity index (χ0v) is 13.2. The van der Waals surface area contributed by atoms with E-state index in [9.17, 15) is 13.2 Å². The second-order valence-electron chi connectivity index (χ2n) is 3.85. The van der Waals surface area contributed by atoms with Crippen LogP contribution in [0, 0.1) is 0 Å². The molecule has 0 radical (unpaired) electrons. The second-order valence-corrected chi connectivity index (χ2v) is 6.71. The Morgan fingerprint density at radius 2 is 2.10 bits per heavy atom. The van der Waals surface area contributed by atoms with Crippen LogP contribution in [0.5, 0.6) is 0 Å². The summed E-state index contributed by atoms with van der Waals surface area (Å²) in [4.78, 5) is 11.0. The van der Waals surface area contributed by atoms with Gasteiger partial charge in [-0.05, 0) is 12.1 Å². The topological polar surface area (TPSA) is 89.7 Å². The maximum Gasteiger partial charge on any atom is 0.321 e. The minimum absolute atomic E-state index is 0.0155. The Morgan fingerprint density at radius 1 is 1.50 bits per heavy atom. The zero-order chi connectivity index (χ0) is 15.5. The van der Waals surface area contributed by atoms with E-state index in [1.165, 1.54) is 32.4 Å². The molecule has 1 aromatic rings. The van der Waals surface area contributed by atoms with E-state index >= 15 is 0 Å². The number of sulfonamides is 1. The third-order valence-corrected chi connectivity index (χ3v) is 5.00. The lowest BCUT2D eigenvalue weighted by Crippen LogP contribution is -2.33. The maximum atomic E-state index is 12.3. The summed E-state index contributed by atoms with van der Waals surface area (Å²) in [5.41, 5.74) is 5.83. The lowest BCUT2D eigenvalue weighted by Gasteiger charge is -2.17. The van der Waals surface area contributed by atoms with Crippen molar-refractivity contribution in [2.75, 3.05) is 20.7 Å². The molecular weight excluding hydrogens is 324 g/mol. The molecule has 0 aliphatic rings. The summed E-state index contributed by atoms with van der Waals surface area (Å²) in [7, 11) is -1.53. The highest BCUT2D eigenvalue weighted by Gasteiger charge is 2.26. The molecule has 0 aliphatic carbocycles. The van der Waals surface area contributed by atoms with Gasteiger partial charge >= 0.3 is 5.97 Å². The first-order valence-corrected chi connectivity index (χ1v) is 7.55. The van der Waals surface area contributed by atoms with E-state index in [1.54, 1.807) is 0 Å². The molecule has 0 aliphatic heterocycles. The number of halogens is 1. The van der Waals surface area contributed by atoms with Gasteiger partial charge in [0.1, 0.15) is 16.4 Å². The Bertz CT molecular complexity index is 646. The number of methoxy groups -OCH3 is 1. The maximum absolute atomic E-state index is 12.3. The Kier molecular flexibility index (Phi) is 5.46. The number of benzene rings is 1. The molecule has 0 unspecified atom stereocenters. The molecule has 2 N–H and O–H groups in total. The predicted molar refractivity (Wildman–Crippen MR) is 79.2 cm³/mol. The van der Waals surface area contributed by atoms with Gasteiger partial charge < -0.3 is 10.5 Å². The predicted octanol–water partition coefficient (Wildman–Crippen LogP) is 0.768. The number of thiocarbonyl (C=S) groups is 1. The zero-order valence-electron chi connectivity index (χ0n) is 10.8. The molecule has 0 bridgehead atoms. The highest BCUT2D eigenvalue weighted by molar-refractivity contribution is 7.89. The van der Waals surface area contributed by atoms with E-state index in [4.69, 9.17) is 29.6 Å². The Morgan fingerprint density at radius 3 is 2.60 bits per heavy atom. The minimum Gasteiger partial charge on any atom is -0.468 e. The fourth-order valence-electron chi connectivity index (χ4n) is 1.35. The van der Waals surface area contributed by atoms with Crippen molar-refractivity contribution in [2.24, 2.45) is 5.73 Å². The highest BCUT2D eigenvalue weighted by atomic mass is 35.5. The van der Waals surface area contributed by atoms with Crippen LogP contribution in [0.4, 0.5) is 0 Å². The SMILES string of the molecule is COC(=O)CN(C)S(=O)(=O)c1cc(C(N)=S)ccc1Cl. The number of rotatable bonds is 5. The summed E-state index contributed by atoms with van der Waals surface area (Å²) >= 11 is 10.7. The molecule has 6 nitrogen and oxygen atoms in total. The summed E-state index contributed by atoms with van der Waals surface area (Å²) < 4.78 is 29.9. The quantitative estimate of drug-likeness (QED) is 0.631. The first kappa shape index (κ1) is 16.8. The Hall–Kier alpha value is -1.22. The number of carbonyl (C=O) groups excluding carboxylic acids is 1. The smallest absolute Gasteiger partial charge is 0.321 e. The van der Waals surface area contributed by atoms with Crippen molar-refractivity contribution in [3.05, 3.63) is 28.8 Å². The Balaban J connectivity index is 3.24. The summed E-state index contributed by atoms with van der Waals surface area (Å²) in [5.74, 6) is -0.683. The molecule has 1 rings (SSSR count). The average Bonchev–Trinajstić information content (AvgIpc) is 2.38. The molecule has 0 saturated carbocycles. The number of carbonyl (C=O) groups is 1. The van der Waals surface area contributed by atoms with Crippen LogP contribution in [0.2, 0.25) is 5.02 Å². The van der Waals surface area contributed by atoms with E-state index in [2.05, 4.69) is 4.74 Å². The number of nitrogens with zero attached hydrogens (tertiary/aromatic N) is 1. The van der Waals surface area contributed by atoms with E-state index in [0.717, 1.165) is 4.31 Å². The summed E-state index contributed by atoms with van der Waals surface area (Å²) in [5, 5.41) is 0.0155. The van der Waals surface area contributed by atoms with Gasteiger partial charge in [-0.2, -0.15) is 4.31 Å². The van der Waals surface area contributed by atoms with Crippen molar-refractivity contribution >= 4 is 44.8 Å². The van der Waals surface area contributed by atoms with E-state index in [0.29, 0.717) is 5.56 Å². The first-order chi connectivity index (χ1) is 9.20. The number of likely N-dealkylation sites (N-methyl/N-ethyl adjacent to an activating group) is 1. The third kappa shape index (κ3) is 3.66. The lowest BCUT2D eigenvalue weighted by molar-refractivity contribution is -0.140. The van der Waals surface area contributed by atoms with Crippen molar-refractivity contribution in [1.29, 1.82) is 0 Å². The summed E-state index contributed by atoms with van der Waals surface area (Å²) in [6.45, 7) is -0.424. The van der Waals surface area contributed by atoms with Crippen LogP contribution < -0.4 is 5.73 Å². The van der Waals surface area contributed by atoms with Gasteiger partial charge in [-0.1, -0.05) is 29.9 Å². The van der Waals surface area contributed by atoms with Crippen molar-refractivity contribution < 1.29 is 17.9 Å². The van der Waals surface area contributed by atoms with Crippen LogP contribution in [-0.4, -0.2) is 44.4 Å². The number of esters is 1. The molecule has 0 aromatic heterocycles. The third-order valence-electron chi connectivity index (χ3n) is 2.48. The molecule has 0 fully saturated rings. The molecule has 1 aromatic carbocycles. The van der Waals surface area contributed by atoms with Crippen LogP contribution >= 0.6 is 23.8 Å². The molecule has 20 heavy (non-hydrogen) atoms. The summed E-state index contributed by atoms with van der Waals surface area (Å²) in [6, 6.07) is 4.17. The standard InChI is InChI=1S/C11H13ClN2O4S2/c1-14(6-10(15)18-2)20(16,17)9-5-7(11(13)19)3-4-8(9)12/h3-5H,6H2,1-2H3,(H2,13,19). The van der Waals surface area contributed by atoms with Crippen LogP contribution in [0.1, 0.15) is 5.56 Å². The monoisotopic (exact) mass is 336 g/mol. The molecule has 9 heteroatoms. The van der Waals surface area contributed by atoms with Crippen molar-refractivity contribution in [3.8, 4) is 0 Å². The fourth-order valence-corrected chi connectivity index (χ4v) is 3.09. The normalized spacial score (nSPS) is 11.4. The second kappa shape index (κ2) is 6.49. The van der Waals surface area contributed by atoms with Gasteiger partial charge in [0, 0.05) is 12.6 Å². The van der Waals surface area contributed by atoms with Crippen LogP contribution in [-0.2, 0) is 19.6 Å². The van der Waals surface area contributed by atoms with Crippen molar-refractivity contribution in [1.82, 2.24) is 4.31 Å². The van der Waals surface area contributed by atoms with Crippen molar-refractivity contribution in [3.63, 3.8) is 0 Å². The van der Waals surface area contributed by atoms with Gasteiger partial charge in [0.25, 0.3) is 0 Å². The Labute approximate surface area is 127 Å². The largest absolute Gasteiger partial charge is 0.468 e. The van der Waals surface area contributed by atoms with Gasteiger partial charge in [0.15, 0.2) is 0 Å². The van der Waals surface area contributed by atoms with Crippen LogP contribution in [0.15, 0.2) is 23.1 Å². The molecular formula is C11H13ClN2O4S2. The van der Waals surface area contributed by atoms with Gasteiger partial charge in [-0.3, -0.25) is 4.79 Å². The number of ether oxygens (including phenoxy) is 1. The molecule has 0 atom stereocenters. The number of hydrogen-bond acceptors (Lipinski definition) is 5. The highest BCUT2D eigenvalue weighted by Crippen LogP contribution is 2.25. The average molecular weight is 337 g/mol. The van der Waals surface area contributed by atoms with Crippen LogP contribution in [0.3, 0.4) is 0 Å². The molecule has 0 spiro atoms. The lowest BCUT2D eigenvalue weighted by atomic mass is 10.2. The van der Waals surface area contributed by atoms with Crippen molar-refractivity contribution in [2.45, 2.75) is 4.90 Å². The molecule has 0 heterocycles. The number of hydrogen-bond donors (Lipinski definition) is 1. The van der Waals surface area contributed by atoms with Gasteiger partial charge in [-0.15, -0.1) is 0 Å². The van der Waals surface area contributed by atoms with E-state index in [-0.39, 0.29) is 14.9 Å². The molecule has 0 saturated heterocycles. The summed E-state index contributed by atoms with van der Waals surface area (Å²) in [6.07, 6.45) is 0.